The molecule has 0 saturated heterocycles. The van der Waals surface area contributed by atoms with Crippen molar-refractivity contribution in [3.05, 3.63) is 35.4 Å². The molecule has 1 rings (SSSR count). The van der Waals surface area contributed by atoms with E-state index in [1.807, 2.05) is 0 Å². The average molecular weight is 222 g/mol. The molecule has 0 saturated carbocycles. The van der Waals surface area contributed by atoms with Gasteiger partial charge in [0.25, 0.3) is 10.1 Å². The number of hydrogen-bond donors (Lipinski definition) is 1. The summed E-state index contributed by atoms with van der Waals surface area (Å²) in [4.78, 5) is 0. The summed E-state index contributed by atoms with van der Waals surface area (Å²) in [6, 6.07) is 2.84. The second-order valence-corrected chi connectivity index (χ2v) is 4.34. The van der Waals surface area contributed by atoms with Gasteiger partial charge in [-0.3, -0.25) is 4.55 Å². The van der Waals surface area contributed by atoms with Gasteiger partial charge in [0.15, 0.2) is 0 Å². The Morgan fingerprint density at radius 3 is 2.43 bits per heavy atom. The largest absolute Gasteiger partial charge is 0.286 e. The first-order valence-electron chi connectivity index (χ1n) is 3.77. The summed E-state index contributed by atoms with van der Waals surface area (Å²) >= 11 is 0. The van der Waals surface area contributed by atoms with Crippen LogP contribution in [-0.2, 0) is 16.5 Å². The van der Waals surface area contributed by atoms with Gasteiger partial charge in [0.1, 0.15) is 11.6 Å². The molecule has 0 radical (unpaired) electrons. The second kappa shape index (κ2) is 4.02. The van der Waals surface area contributed by atoms with Gasteiger partial charge in [-0.2, -0.15) is 8.42 Å². The van der Waals surface area contributed by atoms with Gasteiger partial charge in [0, 0.05) is 6.07 Å². The molecule has 1 N–H and O–H groups in total. The van der Waals surface area contributed by atoms with Crippen LogP contribution < -0.4 is 0 Å². The van der Waals surface area contributed by atoms with Gasteiger partial charge in [-0.05, 0) is 18.1 Å². The molecule has 0 aliphatic rings. The van der Waals surface area contributed by atoms with E-state index in [-0.39, 0.29) is 12.0 Å². The maximum absolute atomic E-state index is 12.9. The van der Waals surface area contributed by atoms with Gasteiger partial charge in [-0.1, -0.05) is 6.07 Å². The molecular weight excluding hydrogens is 214 g/mol. The van der Waals surface area contributed by atoms with Crippen molar-refractivity contribution in [3.63, 3.8) is 0 Å². The van der Waals surface area contributed by atoms with Crippen LogP contribution in [0.2, 0.25) is 0 Å². The molecule has 14 heavy (non-hydrogen) atoms. The fourth-order valence-electron chi connectivity index (χ4n) is 0.963. The fourth-order valence-corrected chi connectivity index (χ4v) is 1.44. The summed E-state index contributed by atoms with van der Waals surface area (Å²) in [7, 11) is -4.11. The van der Waals surface area contributed by atoms with Gasteiger partial charge in [-0.15, -0.1) is 0 Å². The number of benzene rings is 1. The van der Waals surface area contributed by atoms with E-state index in [9.17, 15) is 17.2 Å². The quantitative estimate of drug-likeness (QED) is 0.786. The summed E-state index contributed by atoms with van der Waals surface area (Å²) in [5.41, 5.74) is 0.0593. The molecule has 0 atom stereocenters. The van der Waals surface area contributed by atoms with E-state index < -0.39 is 27.5 Å². The number of hydrogen-bond acceptors (Lipinski definition) is 2. The van der Waals surface area contributed by atoms with Crippen LogP contribution in [0.5, 0.6) is 0 Å². The Labute approximate surface area is 80.1 Å². The Balaban J connectivity index is 2.78. The third kappa shape index (κ3) is 3.39. The molecule has 6 heteroatoms. The maximum atomic E-state index is 12.9. The van der Waals surface area contributed by atoms with Crippen LogP contribution in [-0.4, -0.2) is 18.7 Å². The van der Waals surface area contributed by atoms with Crippen LogP contribution in [0.3, 0.4) is 0 Å². The van der Waals surface area contributed by atoms with Crippen molar-refractivity contribution in [3.8, 4) is 0 Å². The molecule has 0 spiro atoms. The summed E-state index contributed by atoms with van der Waals surface area (Å²) in [6.45, 7) is 0. The van der Waals surface area contributed by atoms with Crippen molar-refractivity contribution in [2.45, 2.75) is 6.42 Å². The molecule has 0 bridgehead atoms. The number of aryl methyl sites for hydroxylation is 1. The van der Waals surface area contributed by atoms with E-state index in [1.165, 1.54) is 0 Å². The summed E-state index contributed by atoms with van der Waals surface area (Å²) in [6.07, 6.45) is -0.176. The molecule has 1 aromatic rings. The monoisotopic (exact) mass is 222 g/mol. The van der Waals surface area contributed by atoms with Crippen molar-refractivity contribution < 1.29 is 21.8 Å². The Morgan fingerprint density at radius 1 is 1.29 bits per heavy atom. The molecule has 0 amide bonds. The zero-order valence-electron chi connectivity index (χ0n) is 7.07. The van der Waals surface area contributed by atoms with Crippen LogP contribution in [0, 0.1) is 11.6 Å². The van der Waals surface area contributed by atoms with Gasteiger partial charge in [-0.25, -0.2) is 8.78 Å². The van der Waals surface area contributed by atoms with Gasteiger partial charge in [0.05, 0.1) is 5.75 Å². The zero-order chi connectivity index (χ0) is 10.8. The van der Waals surface area contributed by atoms with E-state index >= 15 is 0 Å². The molecule has 1 aromatic carbocycles. The van der Waals surface area contributed by atoms with Crippen LogP contribution >= 0.6 is 0 Å². The average Bonchev–Trinajstić information content (AvgIpc) is 2.00. The van der Waals surface area contributed by atoms with E-state index in [0.29, 0.717) is 6.07 Å². The summed E-state index contributed by atoms with van der Waals surface area (Å²) in [5.74, 6) is -2.11. The highest BCUT2D eigenvalue weighted by molar-refractivity contribution is 7.85. The molecule has 0 aliphatic heterocycles. The summed E-state index contributed by atoms with van der Waals surface area (Å²) < 4.78 is 54.4. The van der Waals surface area contributed by atoms with Gasteiger partial charge in [0.2, 0.25) is 0 Å². The van der Waals surface area contributed by atoms with Crippen molar-refractivity contribution >= 4 is 10.1 Å². The minimum Gasteiger partial charge on any atom is -0.286 e. The highest BCUT2D eigenvalue weighted by atomic mass is 32.2. The predicted octanol–water partition coefficient (Wildman–Crippen LogP) is 1.40. The van der Waals surface area contributed by atoms with Crippen molar-refractivity contribution in [2.75, 3.05) is 5.75 Å². The van der Waals surface area contributed by atoms with E-state index in [1.54, 1.807) is 0 Å². The lowest BCUT2D eigenvalue weighted by molar-refractivity contribution is 0.482. The standard InChI is InChI=1S/C8H8F2O3S/c9-7-2-1-6(8(10)5-7)3-4-14(11,12)13/h1-2,5H,3-4H2,(H,11,12,13). The molecular formula is C8H8F2O3S. The minimum atomic E-state index is -4.11. The Hall–Kier alpha value is -1.01. The van der Waals surface area contributed by atoms with Crippen molar-refractivity contribution in [2.24, 2.45) is 0 Å². The van der Waals surface area contributed by atoms with Crippen molar-refractivity contribution in [1.29, 1.82) is 0 Å². The van der Waals surface area contributed by atoms with Gasteiger partial charge >= 0.3 is 0 Å². The Morgan fingerprint density at radius 2 is 1.93 bits per heavy atom. The first kappa shape index (κ1) is 11.1. The zero-order valence-corrected chi connectivity index (χ0v) is 7.89. The van der Waals surface area contributed by atoms with Crippen LogP contribution in [0.15, 0.2) is 18.2 Å². The number of halogens is 2. The lowest BCUT2D eigenvalue weighted by Gasteiger charge is -2.01. The third-order valence-electron chi connectivity index (χ3n) is 1.64. The molecule has 78 valence electrons. The highest BCUT2D eigenvalue weighted by Crippen LogP contribution is 2.10. The lowest BCUT2D eigenvalue weighted by Crippen LogP contribution is -2.07. The fraction of sp³-hybridized carbons (Fsp3) is 0.250. The third-order valence-corrected chi connectivity index (χ3v) is 2.36. The molecule has 0 aromatic heterocycles. The van der Waals surface area contributed by atoms with E-state index in [2.05, 4.69) is 0 Å². The Bertz CT molecular complexity index is 428. The topological polar surface area (TPSA) is 54.4 Å². The first-order chi connectivity index (χ1) is 6.38. The molecule has 0 unspecified atom stereocenters. The minimum absolute atomic E-state index is 0.0593. The highest BCUT2D eigenvalue weighted by Gasteiger charge is 2.08. The number of rotatable bonds is 3. The Kier molecular flexibility index (Phi) is 3.17. The van der Waals surface area contributed by atoms with Crippen LogP contribution in [0.4, 0.5) is 8.78 Å². The molecule has 0 fully saturated rings. The van der Waals surface area contributed by atoms with E-state index in [4.69, 9.17) is 4.55 Å². The van der Waals surface area contributed by atoms with Crippen molar-refractivity contribution in [1.82, 2.24) is 0 Å². The maximum Gasteiger partial charge on any atom is 0.265 e. The molecule has 0 heterocycles. The molecule has 3 nitrogen and oxygen atoms in total. The summed E-state index contributed by atoms with van der Waals surface area (Å²) in [5, 5.41) is 0. The first-order valence-corrected chi connectivity index (χ1v) is 5.38. The normalized spacial score (nSPS) is 11.6. The lowest BCUT2D eigenvalue weighted by atomic mass is 10.1. The van der Waals surface area contributed by atoms with E-state index in [0.717, 1.165) is 12.1 Å². The van der Waals surface area contributed by atoms with Crippen LogP contribution in [0.25, 0.3) is 0 Å². The molecule has 0 aliphatic carbocycles. The predicted molar refractivity (Wildman–Crippen MR) is 46.5 cm³/mol. The second-order valence-electron chi connectivity index (χ2n) is 2.77. The SMILES string of the molecule is O=S(=O)(O)CCc1ccc(F)cc1F. The van der Waals surface area contributed by atoms with Crippen LogP contribution in [0.1, 0.15) is 5.56 Å². The smallest absolute Gasteiger partial charge is 0.265 e. The van der Waals surface area contributed by atoms with Gasteiger partial charge < -0.3 is 0 Å².